The summed E-state index contributed by atoms with van der Waals surface area (Å²) in [5, 5.41) is 3.14. The number of nitrogens with two attached hydrogens (primary N) is 1. The van der Waals surface area contributed by atoms with Gasteiger partial charge >= 0.3 is 0 Å². The smallest absolute Gasteiger partial charge is 0.223 e. The highest BCUT2D eigenvalue weighted by Crippen LogP contribution is 2.31. The fourth-order valence-corrected chi connectivity index (χ4v) is 3.25. The van der Waals surface area contributed by atoms with Crippen molar-refractivity contribution in [3.05, 3.63) is 0 Å². The molecular formula is C13H24N2O. The number of amides is 1. The SMILES string of the molecule is NC[C@H]1CCC[C@H]1C(=O)NCC1CCCC1. The summed E-state index contributed by atoms with van der Waals surface area (Å²) in [4.78, 5) is 12.0. The van der Waals surface area contributed by atoms with Gasteiger partial charge in [0.2, 0.25) is 5.91 Å². The van der Waals surface area contributed by atoms with E-state index in [0.29, 0.717) is 12.5 Å². The van der Waals surface area contributed by atoms with Crippen LogP contribution in [-0.2, 0) is 4.79 Å². The molecule has 0 heterocycles. The predicted octanol–water partition coefficient (Wildman–Crippen LogP) is 1.67. The van der Waals surface area contributed by atoms with Crippen LogP contribution in [0.5, 0.6) is 0 Å². The molecule has 16 heavy (non-hydrogen) atoms. The van der Waals surface area contributed by atoms with Crippen LogP contribution in [-0.4, -0.2) is 19.0 Å². The molecule has 0 aromatic carbocycles. The van der Waals surface area contributed by atoms with E-state index >= 15 is 0 Å². The largest absolute Gasteiger partial charge is 0.356 e. The Morgan fingerprint density at radius 1 is 1.12 bits per heavy atom. The van der Waals surface area contributed by atoms with Crippen LogP contribution in [0.2, 0.25) is 0 Å². The summed E-state index contributed by atoms with van der Waals surface area (Å²) in [6.07, 6.45) is 8.63. The van der Waals surface area contributed by atoms with Crippen LogP contribution in [0.1, 0.15) is 44.9 Å². The Bertz CT molecular complexity index is 236. The summed E-state index contributed by atoms with van der Waals surface area (Å²) in [7, 11) is 0. The number of hydrogen-bond acceptors (Lipinski definition) is 2. The van der Waals surface area contributed by atoms with E-state index in [1.807, 2.05) is 0 Å². The molecule has 3 N–H and O–H groups in total. The minimum atomic E-state index is 0.200. The zero-order valence-corrected chi connectivity index (χ0v) is 10.1. The lowest BCUT2D eigenvalue weighted by atomic mass is 9.95. The van der Waals surface area contributed by atoms with Crippen molar-refractivity contribution in [1.29, 1.82) is 0 Å². The predicted molar refractivity (Wildman–Crippen MR) is 64.9 cm³/mol. The van der Waals surface area contributed by atoms with Gasteiger partial charge in [0.15, 0.2) is 0 Å². The average Bonchev–Trinajstić information content (AvgIpc) is 2.96. The van der Waals surface area contributed by atoms with E-state index in [4.69, 9.17) is 5.73 Å². The molecule has 2 fully saturated rings. The quantitative estimate of drug-likeness (QED) is 0.763. The van der Waals surface area contributed by atoms with Crippen molar-refractivity contribution >= 4 is 5.91 Å². The lowest BCUT2D eigenvalue weighted by Gasteiger charge is -2.18. The maximum Gasteiger partial charge on any atom is 0.223 e. The van der Waals surface area contributed by atoms with Crippen LogP contribution in [0.4, 0.5) is 0 Å². The number of carbonyl (C=O) groups is 1. The lowest BCUT2D eigenvalue weighted by molar-refractivity contribution is -0.126. The summed E-state index contributed by atoms with van der Waals surface area (Å²) in [6, 6.07) is 0. The normalized spacial score (nSPS) is 30.8. The van der Waals surface area contributed by atoms with Gasteiger partial charge in [-0.1, -0.05) is 19.3 Å². The highest BCUT2D eigenvalue weighted by atomic mass is 16.1. The summed E-state index contributed by atoms with van der Waals surface area (Å²) < 4.78 is 0. The third-order valence-electron chi connectivity index (χ3n) is 4.34. The van der Waals surface area contributed by atoms with Gasteiger partial charge in [-0.3, -0.25) is 4.79 Å². The second-order valence-electron chi connectivity index (χ2n) is 5.43. The average molecular weight is 224 g/mol. The van der Waals surface area contributed by atoms with Crippen molar-refractivity contribution in [1.82, 2.24) is 5.32 Å². The van der Waals surface area contributed by atoms with Gasteiger partial charge in [-0.25, -0.2) is 0 Å². The minimum Gasteiger partial charge on any atom is -0.356 e. The zero-order valence-electron chi connectivity index (χ0n) is 10.1. The highest BCUT2D eigenvalue weighted by Gasteiger charge is 2.32. The number of carbonyl (C=O) groups excluding carboxylic acids is 1. The maximum atomic E-state index is 12.0. The summed E-state index contributed by atoms with van der Waals surface area (Å²) in [5.41, 5.74) is 5.70. The molecule has 0 saturated heterocycles. The van der Waals surface area contributed by atoms with Crippen LogP contribution in [0.25, 0.3) is 0 Å². The van der Waals surface area contributed by atoms with E-state index < -0.39 is 0 Å². The molecule has 0 aliphatic heterocycles. The number of rotatable bonds is 4. The van der Waals surface area contributed by atoms with Crippen molar-refractivity contribution in [3.8, 4) is 0 Å². The fraction of sp³-hybridized carbons (Fsp3) is 0.923. The van der Waals surface area contributed by atoms with Gasteiger partial charge in [0.1, 0.15) is 0 Å². The van der Waals surface area contributed by atoms with Crippen molar-refractivity contribution in [2.75, 3.05) is 13.1 Å². The Morgan fingerprint density at radius 2 is 1.88 bits per heavy atom. The molecular weight excluding hydrogens is 200 g/mol. The van der Waals surface area contributed by atoms with Gasteiger partial charge in [0.05, 0.1) is 0 Å². The van der Waals surface area contributed by atoms with E-state index in [-0.39, 0.29) is 11.8 Å². The van der Waals surface area contributed by atoms with Crippen LogP contribution >= 0.6 is 0 Å². The molecule has 0 unspecified atom stereocenters. The maximum absolute atomic E-state index is 12.0. The van der Waals surface area contributed by atoms with Gasteiger partial charge in [0.25, 0.3) is 0 Å². The first-order valence-electron chi connectivity index (χ1n) is 6.79. The molecule has 0 bridgehead atoms. The van der Waals surface area contributed by atoms with Crippen molar-refractivity contribution in [2.24, 2.45) is 23.5 Å². The van der Waals surface area contributed by atoms with Crippen LogP contribution in [0, 0.1) is 17.8 Å². The molecule has 92 valence electrons. The van der Waals surface area contributed by atoms with E-state index in [1.165, 1.54) is 32.1 Å². The Labute approximate surface area is 98.2 Å². The minimum absolute atomic E-state index is 0.200. The molecule has 3 heteroatoms. The molecule has 2 aliphatic rings. The lowest BCUT2D eigenvalue weighted by Crippen LogP contribution is -2.37. The molecule has 2 rings (SSSR count). The Balaban J connectivity index is 1.74. The highest BCUT2D eigenvalue weighted by molar-refractivity contribution is 5.79. The molecule has 2 atom stereocenters. The Morgan fingerprint density at radius 3 is 2.56 bits per heavy atom. The topological polar surface area (TPSA) is 55.1 Å². The fourth-order valence-electron chi connectivity index (χ4n) is 3.25. The summed E-state index contributed by atoms with van der Waals surface area (Å²) in [6.45, 7) is 1.56. The van der Waals surface area contributed by atoms with Crippen molar-refractivity contribution < 1.29 is 4.79 Å². The summed E-state index contributed by atoms with van der Waals surface area (Å²) >= 11 is 0. The number of nitrogens with one attached hydrogen (secondary N) is 1. The van der Waals surface area contributed by atoms with E-state index in [0.717, 1.165) is 25.3 Å². The second-order valence-corrected chi connectivity index (χ2v) is 5.43. The molecule has 2 aliphatic carbocycles. The summed E-state index contributed by atoms with van der Waals surface area (Å²) in [5.74, 6) is 1.64. The van der Waals surface area contributed by atoms with Gasteiger partial charge in [-0.05, 0) is 44.1 Å². The van der Waals surface area contributed by atoms with Crippen LogP contribution in [0.3, 0.4) is 0 Å². The second kappa shape index (κ2) is 5.67. The van der Waals surface area contributed by atoms with E-state index in [2.05, 4.69) is 5.32 Å². The molecule has 0 spiro atoms. The van der Waals surface area contributed by atoms with Gasteiger partial charge in [-0.15, -0.1) is 0 Å². The van der Waals surface area contributed by atoms with Gasteiger partial charge < -0.3 is 11.1 Å². The molecule has 0 aromatic rings. The first kappa shape index (κ1) is 11.9. The molecule has 1 amide bonds. The van der Waals surface area contributed by atoms with Gasteiger partial charge in [-0.2, -0.15) is 0 Å². The van der Waals surface area contributed by atoms with Crippen LogP contribution < -0.4 is 11.1 Å². The Kier molecular flexibility index (Phi) is 4.22. The number of hydrogen-bond donors (Lipinski definition) is 2. The van der Waals surface area contributed by atoms with Crippen molar-refractivity contribution in [2.45, 2.75) is 44.9 Å². The van der Waals surface area contributed by atoms with E-state index in [1.54, 1.807) is 0 Å². The first-order valence-corrected chi connectivity index (χ1v) is 6.79. The Hall–Kier alpha value is -0.570. The molecule has 2 saturated carbocycles. The molecule has 0 radical (unpaired) electrons. The van der Waals surface area contributed by atoms with E-state index in [9.17, 15) is 4.79 Å². The first-order chi connectivity index (χ1) is 7.81. The van der Waals surface area contributed by atoms with Crippen LogP contribution in [0.15, 0.2) is 0 Å². The zero-order chi connectivity index (χ0) is 11.4. The third kappa shape index (κ3) is 2.76. The molecule has 3 nitrogen and oxygen atoms in total. The van der Waals surface area contributed by atoms with Crippen molar-refractivity contribution in [3.63, 3.8) is 0 Å². The van der Waals surface area contributed by atoms with Gasteiger partial charge in [0, 0.05) is 12.5 Å². The third-order valence-corrected chi connectivity index (χ3v) is 4.34. The molecule has 0 aromatic heterocycles. The monoisotopic (exact) mass is 224 g/mol. The standard InChI is InChI=1S/C13H24N2O/c14-8-11-6-3-7-12(11)13(16)15-9-10-4-1-2-5-10/h10-12H,1-9,14H2,(H,15,16)/t11-,12-/m1/s1.